The van der Waals surface area contributed by atoms with Crippen molar-refractivity contribution < 1.29 is 51.7 Å². The van der Waals surface area contributed by atoms with Crippen LogP contribution in [0.15, 0.2) is 0 Å². The molecule has 10 unspecified atom stereocenters. The lowest BCUT2D eigenvalue weighted by atomic mass is 9.44. The van der Waals surface area contributed by atoms with Crippen LogP contribution in [0.1, 0.15) is 85.0 Å². The van der Waals surface area contributed by atoms with Crippen LogP contribution in [0.3, 0.4) is 0 Å². The summed E-state index contributed by atoms with van der Waals surface area (Å²) in [4.78, 5) is 48.0. The van der Waals surface area contributed by atoms with Gasteiger partial charge in [-0.25, -0.2) is 18.0 Å². The van der Waals surface area contributed by atoms with E-state index in [2.05, 4.69) is 25.3 Å². The van der Waals surface area contributed by atoms with Gasteiger partial charge in [0.25, 0.3) is 0 Å². The molecule has 4 rings (SSSR count). The van der Waals surface area contributed by atoms with Crippen LogP contribution in [0.5, 0.6) is 0 Å². The number of hydrogen-bond acceptors (Lipinski definition) is 6. The summed E-state index contributed by atoms with van der Waals surface area (Å²) in [6, 6.07) is 0. The lowest BCUT2D eigenvalue weighted by Crippen LogP contribution is -2.58. The van der Waals surface area contributed by atoms with E-state index in [0.29, 0.717) is 31.6 Å². The molecular formula is C25H43FO10P2. The number of rotatable bonds is 9. The lowest BCUT2D eigenvalue weighted by molar-refractivity contribution is -0.157. The summed E-state index contributed by atoms with van der Waals surface area (Å²) < 4.78 is 52.1. The van der Waals surface area contributed by atoms with Crippen molar-refractivity contribution in [2.45, 2.75) is 97.3 Å². The second-order valence-electron chi connectivity index (χ2n) is 12.7. The van der Waals surface area contributed by atoms with Gasteiger partial charge in [0.15, 0.2) is 0 Å². The van der Waals surface area contributed by atoms with Crippen LogP contribution in [0.2, 0.25) is 0 Å². The van der Waals surface area contributed by atoms with E-state index in [1.807, 2.05) is 0 Å². The van der Waals surface area contributed by atoms with Gasteiger partial charge < -0.3 is 24.3 Å². The molecule has 4 aliphatic rings. The van der Waals surface area contributed by atoms with Crippen molar-refractivity contribution in [3.63, 3.8) is 0 Å². The Bertz CT molecular complexity index is 970. The van der Waals surface area contributed by atoms with E-state index in [1.54, 1.807) is 0 Å². The normalized spacial score (nSPS) is 42.1. The van der Waals surface area contributed by atoms with Crippen LogP contribution < -0.4 is 0 Å². The predicted molar refractivity (Wildman–Crippen MR) is 135 cm³/mol. The molecule has 0 spiro atoms. The zero-order chi connectivity index (χ0) is 28.1. The topological polar surface area (TPSA) is 160 Å². The zero-order valence-corrected chi connectivity index (χ0v) is 24.2. The fraction of sp³-hybridized carbons (Fsp3) is 0.960. The van der Waals surface area contributed by atoms with Crippen molar-refractivity contribution in [1.82, 2.24) is 0 Å². The molecule has 4 aliphatic carbocycles. The maximum absolute atomic E-state index is 16.0. The fourth-order valence-corrected chi connectivity index (χ4v) is 9.95. The van der Waals surface area contributed by atoms with E-state index in [1.165, 1.54) is 0 Å². The second kappa shape index (κ2) is 11.1. The zero-order valence-electron chi connectivity index (χ0n) is 22.4. The highest BCUT2D eigenvalue weighted by Gasteiger charge is 2.63. The summed E-state index contributed by atoms with van der Waals surface area (Å²) in [7, 11) is -9.26. The number of fused-ring (bicyclic) bond motifs is 5. The van der Waals surface area contributed by atoms with Gasteiger partial charge in [-0.3, -0.25) is 9.32 Å². The smallest absolute Gasteiger partial charge is 0.438 e. The molecule has 13 heteroatoms. The number of hydrogen-bond donors (Lipinski definition) is 4. The molecule has 38 heavy (non-hydrogen) atoms. The molecule has 0 heterocycles. The average Bonchev–Trinajstić information content (AvgIpc) is 3.14. The van der Waals surface area contributed by atoms with E-state index in [9.17, 15) is 23.7 Å². The van der Waals surface area contributed by atoms with Gasteiger partial charge in [-0.1, -0.05) is 20.8 Å². The Morgan fingerprint density at radius 1 is 0.974 bits per heavy atom. The van der Waals surface area contributed by atoms with Gasteiger partial charge in [-0.05, 0) is 104 Å². The standard InChI is InChI=1S/C25H43FO10P2/c1-15(4-7-22(27)34-14-35-37(28,29)30)18-5-6-19-23-20(9-11-25(18,19)3)24(2)10-8-17(36-38(31,32)33)12-16(24)13-21(23)26/h15-21,23H,4-14H2,1-3H3,(H2,28,29,30)(H2,31,32,33). The third-order valence-corrected chi connectivity index (χ3v) is 11.9. The number of phosphoric ester groups is 2. The molecule has 10 atom stereocenters. The largest absolute Gasteiger partial charge is 0.472 e. The molecule has 0 aromatic rings. The van der Waals surface area contributed by atoms with Gasteiger partial charge in [0.05, 0.1) is 6.10 Å². The Morgan fingerprint density at radius 2 is 1.63 bits per heavy atom. The molecule has 0 bridgehead atoms. The molecule has 0 saturated heterocycles. The molecule has 220 valence electrons. The third-order valence-electron chi connectivity index (χ3n) is 10.9. The van der Waals surface area contributed by atoms with E-state index in [4.69, 9.17) is 19.0 Å². The van der Waals surface area contributed by atoms with Crippen LogP contribution in [-0.2, 0) is 27.7 Å². The van der Waals surface area contributed by atoms with Gasteiger partial charge in [0, 0.05) is 6.42 Å². The number of ether oxygens (including phenoxy) is 1. The minimum Gasteiger partial charge on any atom is -0.438 e. The van der Waals surface area contributed by atoms with Crippen molar-refractivity contribution in [2.24, 2.45) is 46.3 Å². The maximum atomic E-state index is 16.0. The molecule has 0 aromatic heterocycles. The highest BCUT2D eigenvalue weighted by atomic mass is 31.2. The first-order valence-corrected chi connectivity index (χ1v) is 16.8. The first-order valence-electron chi connectivity index (χ1n) is 13.8. The SMILES string of the molecule is CC(CCC(=O)OCOP(=O)(O)O)C1CCC2C3C(F)CC4CC(OP(=O)(O)O)CCC4(C)C3CCC12C. The quantitative estimate of drug-likeness (QED) is 0.163. The van der Waals surface area contributed by atoms with Crippen molar-refractivity contribution >= 4 is 21.6 Å². The first kappa shape index (κ1) is 30.6. The Balaban J connectivity index is 1.38. The molecule has 0 aliphatic heterocycles. The molecule has 0 aromatic carbocycles. The lowest BCUT2D eigenvalue weighted by Gasteiger charge is -2.62. The molecule has 4 fully saturated rings. The van der Waals surface area contributed by atoms with Gasteiger partial charge in [0.2, 0.25) is 6.79 Å². The number of esters is 1. The minimum atomic E-state index is -4.69. The highest BCUT2D eigenvalue weighted by molar-refractivity contribution is 7.46. The Morgan fingerprint density at radius 3 is 2.29 bits per heavy atom. The highest BCUT2D eigenvalue weighted by Crippen LogP contribution is 2.69. The van der Waals surface area contributed by atoms with Crippen LogP contribution in [0.4, 0.5) is 4.39 Å². The molecule has 4 N–H and O–H groups in total. The third kappa shape index (κ3) is 6.41. The number of carbonyl (C=O) groups is 1. The predicted octanol–water partition coefficient (Wildman–Crippen LogP) is 5.10. The molecule has 0 amide bonds. The van der Waals surface area contributed by atoms with Crippen molar-refractivity contribution in [3.8, 4) is 0 Å². The Hall–Kier alpha value is -0.380. The number of phosphoric acid groups is 2. The maximum Gasteiger partial charge on any atom is 0.472 e. The van der Waals surface area contributed by atoms with E-state index in [-0.39, 0.29) is 46.8 Å². The van der Waals surface area contributed by atoms with Crippen LogP contribution in [0, 0.1) is 46.3 Å². The first-order chi connectivity index (χ1) is 17.5. The number of halogens is 1. The van der Waals surface area contributed by atoms with Gasteiger partial charge in [-0.15, -0.1) is 0 Å². The van der Waals surface area contributed by atoms with Crippen molar-refractivity contribution in [1.29, 1.82) is 0 Å². The average molecular weight is 585 g/mol. The summed E-state index contributed by atoms with van der Waals surface area (Å²) in [6.45, 7) is 5.89. The monoisotopic (exact) mass is 584 g/mol. The van der Waals surface area contributed by atoms with E-state index >= 15 is 4.39 Å². The van der Waals surface area contributed by atoms with E-state index < -0.39 is 40.7 Å². The number of alkyl halides is 1. The van der Waals surface area contributed by atoms with Gasteiger partial charge >= 0.3 is 21.6 Å². The summed E-state index contributed by atoms with van der Waals surface area (Å²) >= 11 is 0. The molecular weight excluding hydrogens is 541 g/mol. The Labute approximate surface area is 223 Å². The van der Waals surface area contributed by atoms with Crippen LogP contribution in [-0.4, -0.2) is 44.6 Å². The fourth-order valence-electron chi connectivity index (χ4n) is 9.18. The molecule has 4 saturated carbocycles. The molecule has 0 radical (unpaired) electrons. The summed E-state index contributed by atoms with van der Waals surface area (Å²) in [5.41, 5.74) is -0.0890. The number of carbonyl (C=O) groups excluding carboxylic acids is 1. The van der Waals surface area contributed by atoms with Crippen molar-refractivity contribution in [2.75, 3.05) is 6.79 Å². The van der Waals surface area contributed by atoms with Crippen LogP contribution >= 0.6 is 15.6 Å². The van der Waals surface area contributed by atoms with E-state index in [0.717, 1.165) is 32.1 Å². The van der Waals surface area contributed by atoms with Gasteiger partial charge in [0.1, 0.15) is 6.17 Å². The minimum absolute atomic E-state index is 0.0255. The molecule has 10 nitrogen and oxygen atoms in total. The van der Waals surface area contributed by atoms with Crippen molar-refractivity contribution in [3.05, 3.63) is 0 Å². The second-order valence-corrected chi connectivity index (χ2v) is 15.2. The van der Waals surface area contributed by atoms with Crippen LogP contribution in [0.25, 0.3) is 0 Å². The van der Waals surface area contributed by atoms with Gasteiger partial charge in [-0.2, -0.15) is 0 Å². The summed E-state index contributed by atoms with van der Waals surface area (Å²) in [6.07, 6.45) is 5.34. The summed E-state index contributed by atoms with van der Waals surface area (Å²) in [5, 5.41) is 0. The summed E-state index contributed by atoms with van der Waals surface area (Å²) in [5.74, 6) is 0.505. The Kier molecular flexibility index (Phi) is 8.95.